The van der Waals surface area contributed by atoms with E-state index in [1.807, 2.05) is 30.5 Å². The summed E-state index contributed by atoms with van der Waals surface area (Å²) in [5.41, 5.74) is 3.14. The Bertz CT molecular complexity index is 1170. The van der Waals surface area contributed by atoms with Crippen molar-refractivity contribution in [1.29, 1.82) is 0 Å². The van der Waals surface area contributed by atoms with Gasteiger partial charge in [-0.15, -0.1) is 10.2 Å². The van der Waals surface area contributed by atoms with E-state index < -0.39 is 6.61 Å². The summed E-state index contributed by atoms with van der Waals surface area (Å²) in [6.07, 6.45) is 4.23. The summed E-state index contributed by atoms with van der Waals surface area (Å²) in [6, 6.07) is 15.4. The molecule has 8 heteroatoms. The predicted molar refractivity (Wildman–Crippen MR) is 113 cm³/mol. The van der Waals surface area contributed by atoms with Gasteiger partial charge >= 0.3 is 6.61 Å². The first kappa shape index (κ1) is 19.1. The first-order chi connectivity index (χ1) is 14.6. The molecule has 154 valence electrons. The zero-order chi connectivity index (χ0) is 20.7. The minimum Gasteiger partial charge on any atom is -0.435 e. The lowest BCUT2D eigenvalue weighted by Gasteiger charge is -2.14. The number of halogens is 2. The Morgan fingerprint density at radius 3 is 2.60 bits per heavy atom. The lowest BCUT2D eigenvalue weighted by molar-refractivity contribution is -0.0498. The number of aromatic amines is 1. The molecular formula is C22H20F2N4OS. The quantitative estimate of drug-likeness (QED) is 0.357. The van der Waals surface area contributed by atoms with Crippen LogP contribution >= 0.6 is 11.8 Å². The van der Waals surface area contributed by atoms with Gasteiger partial charge < -0.3 is 9.72 Å². The highest BCUT2D eigenvalue weighted by atomic mass is 32.2. The van der Waals surface area contributed by atoms with Gasteiger partial charge in [-0.25, -0.2) is 0 Å². The largest absolute Gasteiger partial charge is 0.435 e. The molecule has 4 aromatic rings. The number of nitrogens with one attached hydrogen (secondary N) is 1. The maximum absolute atomic E-state index is 12.4. The van der Waals surface area contributed by atoms with Gasteiger partial charge in [0, 0.05) is 34.0 Å². The first-order valence-corrected chi connectivity index (χ1v) is 10.7. The van der Waals surface area contributed by atoms with Crippen LogP contribution in [0, 0.1) is 0 Å². The van der Waals surface area contributed by atoms with Gasteiger partial charge in [0.05, 0.1) is 0 Å². The summed E-state index contributed by atoms with van der Waals surface area (Å²) in [4.78, 5) is 3.31. The zero-order valence-electron chi connectivity index (χ0n) is 16.3. The molecule has 0 aliphatic heterocycles. The summed E-state index contributed by atoms with van der Waals surface area (Å²) in [7, 11) is 0. The van der Waals surface area contributed by atoms with Crippen LogP contribution in [-0.2, 0) is 0 Å². The average molecular weight is 426 g/mol. The molecule has 1 unspecified atom stereocenters. The molecule has 0 bridgehead atoms. The third-order valence-corrected chi connectivity index (χ3v) is 6.38. The van der Waals surface area contributed by atoms with Crippen molar-refractivity contribution >= 4 is 22.7 Å². The van der Waals surface area contributed by atoms with Gasteiger partial charge in [-0.05, 0) is 43.5 Å². The predicted octanol–water partition coefficient (Wildman–Crippen LogP) is 6.22. The molecule has 2 heterocycles. The van der Waals surface area contributed by atoms with Gasteiger partial charge in [-0.2, -0.15) is 8.78 Å². The average Bonchev–Trinajstić information content (AvgIpc) is 3.35. The molecule has 1 atom stereocenters. The van der Waals surface area contributed by atoms with Crippen LogP contribution in [0.2, 0.25) is 0 Å². The Balaban J connectivity index is 1.43. The fourth-order valence-corrected chi connectivity index (χ4v) is 4.65. The lowest BCUT2D eigenvalue weighted by atomic mass is 10.1. The van der Waals surface area contributed by atoms with Gasteiger partial charge in [0.2, 0.25) is 0 Å². The van der Waals surface area contributed by atoms with Crippen molar-refractivity contribution in [1.82, 2.24) is 19.7 Å². The Kier molecular flexibility index (Phi) is 4.94. The normalized spacial score (nSPS) is 15.1. The number of nitrogens with zero attached hydrogens (tertiary/aromatic N) is 3. The number of benzene rings is 2. The molecule has 1 N–H and O–H groups in total. The number of thioether (sulfide) groups is 1. The standard InChI is InChI=1S/C22H20F2N4OS/c1-13(14-6-10-16(11-7-14)29-21(23)24)30-22-27-26-20(28(22)15-8-9-15)18-12-25-19-5-3-2-4-17(18)19/h2-7,10-13,15,21,25H,8-9H2,1H3. The van der Waals surface area contributed by atoms with Crippen LogP contribution in [0.1, 0.15) is 36.6 Å². The molecule has 2 aromatic heterocycles. The summed E-state index contributed by atoms with van der Waals surface area (Å²) in [5.74, 6) is 1.04. The fraction of sp³-hybridized carbons (Fsp3) is 0.273. The minimum atomic E-state index is -2.82. The second-order valence-corrected chi connectivity index (χ2v) is 8.67. The smallest absolute Gasteiger partial charge is 0.387 e. The van der Waals surface area contributed by atoms with Crippen LogP contribution in [0.25, 0.3) is 22.3 Å². The summed E-state index contributed by atoms with van der Waals surface area (Å²) in [5, 5.41) is 11.1. The molecule has 1 saturated carbocycles. The van der Waals surface area contributed by atoms with Crippen molar-refractivity contribution in [3.05, 3.63) is 60.3 Å². The number of hydrogen-bond acceptors (Lipinski definition) is 4. The van der Waals surface area contributed by atoms with E-state index in [2.05, 4.69) is 43.5 Å². The second-order valence-electron chi connectivity index (χ2n) is 7.36. The maximum Gasteiger partial charge on any atom is 0.387 e. The first-order valence-electron chi connectivity index (χ1n) is 9.83. The summed E-state index contributed by atoms with van der Waals surface area (Å²) < 4.78 is 31.4. The van der Waals surface area contributed by atoms with Crippen molar-refractivity contribution in [2.45, 2.75) is 42.8 Å². The number of para-hydroxylation sites is 1. The van der Waals surface area contributed by atoms with Crippen molar-refractivity contribution < 1.29 is 13.5 Å². The highest BCUT2D eigenvalue weighted by molar-refractivity contribution is 7.99. The SMILES string of the molecule is CC(Sc1nnc(-c2c[nH]c3ccccc23)n1C1CC1)c1ccc(OC(F)F)cc1. The van der Waals surface area contributed by atoms with E-state index in [4.69, 9.17) is 0 Å². The molecule has 5 nitrogen and oxygen atoms in total. The number of rotatable bonds is 7. The summed E-state index contributed by atoms with van der Waals surface area (Å²) in [6.45, 7) is -0.743. The highest BCUT2D eigenvalue weighted by Crippen LogP contribution is 2.44. The number of ether oxygens (including phenoxy) is 1. The van der Waals surface area contributed by atoms with Crippen molar-refractivity contribution in [2.24, 2.45) is 0 Å². The third kappa shape index (κ3) is 3.67. The molecule has 5 rings (SSSR count). The molecule has 0 radical (unpaired) electrons. The fourth-order valence-electron chi connectivity index (χ4n) is 3.61. The molecule has 1 fully saturated rings. The molecule has 0 spiro atoms. The van der Waals surface area contributed by atoms with Crippen LogP contribution in [0.15, 0.2) is 59.9 Å². The monoisotopic (exact) mass is 426 g/mol. The van der Waals surface area contributed by atoms with E-state index in [9.17, 15) is 8.78 Å². The molecule has 2 aromatic carbocycles. The number of hydrogen-bond donors (Lipinski definition) is 1. The lowest BCUT2D eigenvalue weighted by Crippen LogP contribution is -2.02. The van der Waals surface area contributed by atoms with Crippen LogP contribution < -0.4 is 4.74 Å². The number of alkyl halides is 2. The maximum atomic E-state index is 12.4. The topological polar surface area (TPSA) is 55.7 Å². The number of fused-ring (bicyclic) bond motifs is 1. The molecule has 1 aliphatic rings. The zero-order valence-corrected chi connectivity index (χ0v) is 17.1. The number of aromatic nitrogens is 4. The van der Waals surface area contributed by atoms with Gasteiger partial charge in [0.1, 0.15) is 5.75 Å². The Hall–Kier alpha value is -2.87. The van der Waals surface area contributed by atoms with Gasteiger partial charge in [-0.1, -0.05) is 42.1 Å². The van der Waals surface area contributed by atoms with E-state index in [0.717, 1.165) is 45.9 Å². The van der Waals surface area contributed by atoms with E-state index >= 15 is 0 Å². The van der Waals surface area contributed by atoms with E-state index in [-0.39, 0.29) is 11.0 Å². The highest BCUT2D eigenvalue weighted by Gasteiger charge is 2.31. The molecule has 1 aliphatic carbocycles. The molecule has 0 saturated heterocycles. The van der Waals surface area contributed by atoms with Crippen molar-refractivity contribution in [3.8, 4) is 17.1 Å². The number of H-pyrrole nitrogens is 1. The van der Waals surface area contributed by atoms with E-state index in [1.165, 1.54) is 0 Å². The Labute approximate surface area is 176 Å². The van der Waals surface area contributed by atoms with Gasteiger partial charge in [0.15, 0.2) is 11.0 Å². The van der Waals surface area contributed by atoms with Crippen molar-refractivity contribution in [3.63, 3.8) is 0 Å². The third-order valence-electron chi connectivity index (χ3n) is 5.26. The van der Waals surface area contributed by atoms with Crippen LogP contribution in [-0.4, -0.2) is 26.4 Å². The molecule has 30 heavy (non-hydrogen) atoms. The van der Waals surface area contributed by atoms with E-state index in [1.54, 1.807) is 23.9 Å². The van der Waals surface area contributed by atoms with Gasteiger partial charge in [0.25, 0.3) is 0 Å². The van der Waals surface area contributed by atoms with Gasteiger partial charge in [-0.3, -0.25) is 4.57 Å². The van der Waals surface area contributed by atoms with Crippen LogP contribution in [0.5, 0.6) is 5.75 Å². The van der Waals surface area contributed by atoms with E-state index in [0.29, 0.717) is 6.04 Å². The molecule has 0 amide bonds. The second kappa shape index (κ2) is 7.75. The summed E-state index contributed by atoms with van der Waals surface area (Å²) >= 11 is 1.63. The Morgan fingerprint density at radius 2 is 1.87 bits per heavy atom. The minimum absolute atomic E-state index is 0.0862. The Morgan fingerprint density at radius 1 is 1.10 bits per heavy atom. The van der Waals surface area contributed by atoms with Crippen molar-refractivity contribution in [2.75, 3.05) is 0 Å². The molecular weight excluding hydrogens is 406 g/mol. The van der Waals surface area contributed by atoms with Crippen LogP contribution in [0.4, 0.5) is 8.78 Å². The van der Waals surface area contributed by atoms with Crippen LogP contribution in [0.3, 0.4) is 0 Å².